The molecule has 0 fully saturated rings. The molecule has 0 N–H and O–H groups in total. The van der Waals surface area contributed by atoms with Gasteiger partial charge in [-0.15, -0.1) is 0 Å². The van der Waals surface area contributed by atoms with E-state index in [9.17, 15) is 9.59 Å². The summed E-state index contributed by atoms with van der Waals surface area (Å²) in [4.78, 5) is 21.7. The van der Waals surface area contributed by atoms with Crippen LogP contribution in [0, 0.1) is 0 Å². The molecule has 0 aliphatic heterocycles. The van der Waals surface area contributed by atoms with Gasteiger partial charge in [0.25, 0.3) is 0 Å². The lowest BCUT2D eigenvalue weighted by Crippen LogP contribution is -2.09. The van der Waals surface area contributed by atoms with Crippen molar-refractivity contribution in [3.8, 4) is 0 Å². The largest absolute Gasteiger partial charge is 0.463 e. The first-order valence-electron chi connectivity index (χ1n) is 4.80. The highest BCUT2D eigenvalue weighted by Gasteiger charge is 1.99. The summed E-state index contributed by atoms with van der Waals surface area (Å²) in [5.74, 6) is -1.14. The fourth-order valence-electron chi connectivity index (χ4n) is 0.720. The summed E-state index contributed by atoms with van der Waals surface area (Å²) < 4.78 is 14.2. The molecule has 0 unspecified atom stereocenters. The van der Waals surface area contributed by atoms with Gasteiger partial charge in [0, 0.05) is 18.8 Å². The maximum Gasteiger partial charge on any atom is 0.331 e. The molecule has 0 rings (SSSR count). The van der Waals surface area contributed by atoms with Crippen molar-refractivity contribution in [2.45, 2.75) is 13.8 Å². The summed E-state index contributed by atoms with van der Waals surface area (Å²) in [7, 11) is 0. The first-order chi connectivity index (χ1) is 7.20. The van der Waals surface area contributed by atoms with Crippen molar-refractivity contribution >= 4 is 11.9 Å². The standard InChI is InChI=1S/C10H16O5/c1-3-13-7-8-15-10(12)6-5-9(11)14-4-2/h5-6H,3-4,7-8H2,1-2H3/b6-5+. The molecule has 0 atom stereocenters. The van der Waals surface area contributed by atoms with Crippen LogP contribution in [0.25, 0.3) is 0 Å². The van der Waals surface area contributed by atoms with Crippen LogP contribution in [-0.2, 0) is 23.8 Å². The van der Waals surface area contributed by atoms with Gasteiger partial charge in [-0.05, 0) is 13.8 Å². The van der Waals surface area contributed by atoms with Crippen LogP contribution in [0.15, 0.2) is 12.2 Å². The van der Waals surface area contributed by atoms with E-state index < -0.39 is 11.9 Å². The van der Waals surface area contributed by atoms with Crippen molar-refractivity contribution in [1.29, 1.82) is 0 Å². The Morgan fingerprint density at radius 3 is 2.07 bits per heavy atom. The van der Waals surface area contributed by atoms with Crippen molar-refractivity contribution < 1.29 is 23.8 Å². The molecule has 0 bridgehead atoms. The highest BCUT2D eigenvalue weighted by atomic mass is 16.6. The minimum Gasteiger partial charge on any atom is -0.463 e. The average molecular weight is 216 g/mol. The molecule has 0 spiro atoms. The fourth-order valence-corrected chi connectivity index (χ4v) is 0.720. The molecule has 0 aliphatic carbocycles. The SMILES string of the molecule is CCOCCOC(=O)/C=C/C(=O)OCC. The van der Waals surface area contributed by atoms with E-state index in [1.807, 2.05) is 6.92 Å². The Balaban J connectivity index is 3.59. The molecule has 0 saturated carbocycles. The number of esters is 2. The quantitative estimate of drug-likeness (QED) is 0.356. The van der Waals surface area contributed by atoms with Crippen molar-refractivity contribution in [3.63, 3.8) is 0 Å². The normalized spacial score (nSPS) is 10.3. The van der Waals surface area contributed by atoms with E-state index >= 15 is 0 Å². The Bertz CT molecular complexity index is 222. The predicted molar refractivity (Wildman–Crippen MR) is 53.2 cm³/mol. The molecule has 5 nitrogen and oxygen atoms in total. The Morgan fingerprint density at radius 1 is 0.933 bits per heavy atom. The second-order valence-electron chi connectivity index (χ2n) is 2.45. The number of carbonyl (C=O) groups is 2. The second kappa shape index (κ2) is 9.21. The van der Waals surface area contributed by atoms with E-state index in [2.05, 4.69) is 4.74 Å². The van der Waals surface area contributed by atoms with Gasteiger partial charge >= 0.3 is 11.9 Å². The number of carbonyl (C=O) groups excluding carboxylic acids is 2. The summed E-state index contributed by atoms with van der Waals surface area (Å²) in [6.07, 6.45) is 2.07. The van der Waals surface area contributed by atoms with E-state index in [1.165, 1.54) is 0 Å². The van der Waals surface area contributed by atoms with Crippen LogP contribution in [0.5, 0.6) is 0 Å². The molecular formula is C10H16O5. The number of hydrogen-bond acceptors (Lipinski definition) is 5. The molecule has 5 heteroatoms. The first-order valence-corrected chi connectivity index (χ1v) is 4.80. The second-order valence-corrected chi connectivity index (χ2v) is 2.45. The van der Waals surface area contributed by atoms with Crippen molar-refractivity contribution in [3.05, 3.63) is 12.2 Å². The Hall–Kier alpha value is -1.36. The maximum absolute atomic E-state index is 10.9. The lowest BCUT2D eigenvalue weighted by Gasteiger charge is -2.01. The molecule has 0 aromatic rings. The summed E-state index contributed by atoms with van der Waals surface area (Å²) in [6, 6.07) is 0. The summed E-state index contributed by atoms with van der Waals surface area (Å²) in [6.45, 7) is 4.93. The van der Waals surface area contributed by atoms with E-state index in [4.69, 9.17) is 9.47 Å². The number of ether oxygens (including phenoxy) is 3. The number of hydrogen-bond donors (Lipinski definition) is 0. The molecular weight excluding hydrogens is 200 g/mol. The summed E-state index contributed by atoms with van der Waals surface area (Å²) in [5.41, 5.74) is 0. The van der Waals surface area contributed by atoms with Gasteiger partial charge in [-0.1, -0.05) is 0 Å². The van der Waals surface area contributed by atoms with Gasteiger partial charge in [0.05, 0.1) is 13.2 Å². The van der Waals surface area contributed by atoms with Crippen LogP contribution in [0.3, 0.4) is 0 Å². The minimum absolute atomic E-state index is 0.180. The smallest absolute Gasteiger partial charge is 0.331 e. The molecule has 86 valence electrons. The zero-order valence-electron chi connectivity index (χ0n) is 9.02. The van der Waals surface area contributed by atoms with Gasteiger partial charge in [-0.3, -0.25) is 0 Å². The maximum atomic E-state index is 10.9. The Morgan fingerprint density at radius 2 is 1.53 bits per heavy atom. The Kier molecular flexibility index (Phi) is 8.37. The van der Waals surface area contributed by atoms with Crippen LogP contribution in [0.2, 0.25) is 0 Å². The van der Waals surface area contributed by atoms with Crippen LogP contribution in [0.1, 0.15) is 13.8 Å². The lowest BCUT2D eigenvalue weighted by molar-refractivity contribution is -0.141. The van der Waals surface area contributed by atoms with Gasteiger partial charge in [0.2, 0.25) is 0 Å². The van der Waals surface area contributed by atoms with Gasteiger partial charge < -0.3 is 14.2 Å². The Labute approximate surface area is 89.0 Å². The van der Waals surface area contributed by atoms with Gasteiger partial charge in [-0.25, -0.2) is 9.59 Å². The number of rotatable bonds is 7. The van der Waals surface area contributed by atoms with Crippen LogP contribution in [0.4, 0.5) is 0 Å². The molecule has 0 radical (unpaired) electrons. The van der Waals surface area contributed by atoms with Crippen molar-refractivity contribution in [2.75, 3.05) is 26.4 Å². The predicted octanol–water partition coefficient (Wildman–Crippen LogP) is 0.685. The van der Waals surface area contributed by atoms with E-state index in [0.717, 1.165) is 12.2 Å². The first kappa shape index (κ1) is 13.6. The molecule has 0 heterocycles. The van der Waals surface area contributed by atoms with Gasteiger partial charge in [0.15, 0.2) is 0 Å². The lowest BCUT2D eigenvalue weighted by atomic mass is 10.5. The molecule has 0 amide bonds. The van der Waals surface area contributed by atoms with E-state index in [0.29, 0.717) is 13.2 Å². The highest BCUT2D eigenvalue weighted by molar-refractivity contribution is 5.91. The van der Waals surface area contributed by atoms with Crippen LogP contribution < -0.4 is 0 Å². The minimum atomic E-state index is -0.581. The van der Waals surface area contributed by atoms with Gasteiger partial charge in [-0.2, -0.15) is 0 Å². The zero-order chi connectivity index (χ0) is 11.5. The third kappa shape index (κ3) is 8.96. The van der Waals surface area contributed by atoms with Gasteiger partial charge in [0.1, 0.15) is 6.61 Å². The average Bonchev–Trinajstić information content (AvgIpc) is 2.22. The molecule has 0 aliphatic rings. The third-order valence-electron chi connectivity index (χ3n) is 1.32. The fraction of sp³-hybridized carbons (Fsp3) is 0.600. The third-order valence-corrected chi connectivity index (χ3v) is 1.32. The summed E-state index contributed by atoms with van der Waals surface area (Å²) in [5, 5.41) is 0. The molecule has 15 heavy (non-hydrogen) atoms. The summed E-state index contributed by atoms with van der Waals surface area (Å²) >= 11 is 0. The van der Waals surface area contributed by atoms with Crippen molar-refractivity contribution in [1.82, 2.24) is 0 Å². The van der Waals surface area contributed by atoms with Crippen molar-refractivity contribution in [2.24, 2.45) is 0 Å². The highest BCUT2D eigenvalue weighted by Crippen LogP contribution is 1.86. The van der Waals surface area contributed by atoms with E-state index in [1.54, 1.807) is 6.92 Å². The molecule has 0 aromatic carbocycles. The monoisotopic (exact) mass is 216 g/mol. The zero-order valence-corrected chi connectivity index (χ0v) is 9.02. The topological polar surface area (TPSA) is 61.8 Å². The van der Waals surface area contributed by atoms with E-state index in [-0.39, 0.29) is 13.2 Å². The molecule has 0 saturated heterocycles. The van der Waals surface area contributed by atoms with Crippen LogP contribution in [-0.4, -0.2) is 38.4 Å². The molecule has 0 aromatic heterocycles. The van der Waals surface area contributed by atoms with Crippen LogP contribution >= 0.6 is 0 Å².